The van der Waals surface area contributed by atoms with E-state index in [2.05, 4.69) is 21.3 Å². The lowest BCUT2D eigenvalue weighted by atomic mass is 10.0. The maximum absolute atomic E-state index is 12.6. The molecule has 9 heteroatoms. The van der Waals surface area contributed by atoms with Crippen molar-refractivity contribution in [3.8, 4) is 0 Å². The molecule has 0 saturated carbocycles. The van der Waals surface area contributed by atoms with Crippen molar-refractivity contribution >= 4 is 29.3 Å². The molecule has 9 nitrogen and oxygen atoms in total. The Morgan fingerprint density at radius 3 is 2.00 bits per heavy atom. The lowest BCUT2D eigenvalue weighted by Crippen LogP contribution is -2.54. The van der Waals surface area contributed by atoms with Crippen LogP contribution < -0.4 is 27.0 Å². The van der Waals surface area contributed by atoms with E-state index < -0.39 is 23.9 Å². The molecule has 0 bridgehead atoms. The Labute approximate surface area is 184 Å². The van der Waals surface area contributed by atoms with Crippen molar-refractivity contribution < 1.29 is 19.2 Å². The molecular weight excluding hydrogens is 398 g/mol. The highest BCUT2D eigenvalue weighted by molar-refractivity contribution is 5.99. The molecule has 1 rings (SSSR count). The van der Waals surface area contributed by atoms with E-state index in [1.54, 1.807) is 52.0 Å². The third kappa shape index (κ3) is 10.1. The van der Waals surface area contributed by atoms with Gasteiger partial charge in [0.1, 0.15) is 12.1 Å². The molecule has 2 atom stereocenters. The molecule has 174 valence electrons. The van der Waals surface area contributed by atoms with E-state index in [9.17, 15) is 19.2 Å². The Kier molecular flexibility index (Phi) is 13.5. The van der Waals surface area contributed by atoms with E-state index >= 15 is 0 Å². The second kappa shape index (κ2) is 15.0. The molecule has 1 unspecified atom stereocenters. The van der Waals surface area contributed by atoms with Gasteiger partial charge in [0.15, 0.2) is 0 Å². The van der Waals surface area contributed by atoms with Crippen molar-refractivity contribution in [2.45, 2.75) is 60.0 Å². The van der Waals surface area contributed by atoms with Gasteiger partial charge in [-0.25, -0.2) is 0 Å². The van der Waals surface area contributed by atoms with E-state index in [0.717, 1.165) is 0 Å². The molecule has 4 amide bonds. The first-order valence-corrected chi connectivity index (χ1v) is 10.7. The number of hydrogen-bond acceptors (Lipinski definition) is 5. The van der Waals surface area contributed by atoms with Gasteiger partial charge in [-0.2, -0.15) is 0 Å². The SMILES string of the molecule is CC.CCC(=O)Nc1ccc(C(=O)NC(C(=O)N[C@@H](C)C(=O)NCCN)C(C)C)cc1. The first-order chi connectivity index (χ1) is 14.7. The summed E-state index contributed by atoms with van der Waals surface area (Å²) < 4.78 is 0. The Hall–Kier alpha value is -2.94. The van der Waals surface area contributed by atoms with Gasteiger partial charge < -0.3 is 27.0 Å². The highest BCUT2D eigenvalue weighted by Gasteiger charge is 2.27. The topological polar surface area (TPSA) is 142 Å². The van der Waals surface area contributed by atoms with Crippen LogP contribution in [0.3, 0.4) is 0 Å². The first kappa shape index (κ1) is 28.1. The zero-order chi connectivity index (χ0) is 24.0. The van der Waals surface area contributed by atoms with Crippen LogP contribution in [0.1, 0.15) is 58.3 Å². The monoisotopic (exact) mass is 435 g/mol. The van der Waals surface area contributed by atoms with Crippen LogP contribution in [0.5, 0.6) is 0 Å². The van der Waals surface area contributed by atoms with Crippen LogP contribution in [0.25, 0.3) is 0 Å². The Morgan fingerprint density at radius 2 is 1.52 bits per heavy atom. The van der Waals surface area contributed by atoms with Crippen molar-refractivity contribution in [2.75, 3.05) is 18.4 Å². The van der Waals surface area contributed by atoms with Crippen molar-refractivity contribution in [3.05, 3.63) is 29.8 Å². The summed E-state index contributed by atoms with van der Waals surface area (Å²) in [7, 11) is 0. The summed E-state index contributed by atoms with van der Waals surface area (Å²) in [5, 5.41) is 10.6. The third-order valence-electron chi connectivity index (χ3n) is 4.18. The van der Waals surface area contributed by atoms with Gasteiger partial charge in [0.2, 0.25) is 17.7 Å². The van der Waals surface area contributed by atoms with Crippen LogP contribution in [-0.4, -0.2) is 48.8 Å². The highest BCUT2D eigenvalue weighted by Crippen LogP contribution is 2.11. The second-order valence-electron chi connectivity index (χ2n) is 6.98. The predicted molar refractivity (Wildman–Crippen MR) is 122 cm³/mol. The number of nitrogens with one attached hydrogen (secondary N) is 4. The third-order valence-corrected chi connectivity index (χ3v) is 4.18. The minimum absolute atomic E-state index is 0.122. The zero-order valence-electron chi connectivity index (χ0n) is 19.4. The fourth-order valence-corrected chi connectivity index (χ4v) is 2.43. The molecule has 6 N–H and O–H groups in total. The summed E-state index contributed by atoms with van der Waals surface area (Å²) in [6.45, 7) is 11.5. The van der Waals surface area contributed by atoms with Crippen molar-refractivity contribution in [1.29, 1.82) is 0 Å². The summed E-state index contributed by atoms with van der Waals surface area (Å²) in [6, 6.07) is 4.81. The zero-order valence-corrected chi connectivity index (χ0v) is 19.4. The van der Waals surface area contributed by atoms with E-state index in [0.29, 0.717) is 30.8 Å². The van der Waals surface area contributed by atoms with Gasteiger partial charge in [-0.3, -0.25) is 19.2 Å². The van der Waals surface area contributed by atoms with E-state index in [1.165, 1.54) is 0 Å². The molecule has 0 aliphatic carbocycles. The van der Waals surface area contributed by atoms with Crippen molar-refractivity contribution in [1.82, 2.24) is 16.0 Å². The number of carbonyl (C=O) groups is 4. The van der Waals surface area contributed by atoms with E-state index in [4.69, 9.17) is 5.73 Å². The summed E-state index contributed by atoms with van der Waals surface area (Å²) in [6.07, 6.45) is 0.357. The quantitative estimate of drug-likeness (QED) is 0.377. The number of amides is 4. The number of anilines is 1. The van der Waals surface area contributed by atoms with Crippen molar-refractivity contribution in [3.63, 3.8) is 0 Å². The molecule has 0 fully saturated rings. The average molecular weight is 436 g/mol. The van der Waals surface area contributed by atoms with Gasteiger partial charge in [0.25, 0.3) is 5.91 Å². The maximum atomic E-state index is 12.6. The summed E-state index contributed by atoms with van der Waals surface area (Å²) in [5.74, 6) is -1.53. The van der Waals surface area contributed by atoms with E-state index in [-0.39, 0.29) is 17.7 Å². The number of rotatable bonds is 10. The highest BCUT2D eigenvalue weighted by atomic mass is 16.2. The van der Waals surface area contributed by atoms with Crippen LogP contribution >= 0.6 is 0 Å². The van der Waals surface area contributed by atoms with E-state index in [1.807, 2.05) is 13.8 Å². The fraction of sp³-hybridized carbons (Fsp3) is 0.545. The Balaban J connectivity index is 0.00000436. The molecule has 0 heterocycles. The van der Waals surface area contributed by atoms with Gasteiger partial charge >= 0.3 is 0 Å². The molecule has 0 saturated heterocycles. The van der Waals surface area contributed by atoms with Crippen LogP contribution in [0.15, 0.2) is 24.3 Å². The number of benzene rings is 1. The molecule has 0 aliphatic rings. The van der Waals surface area contributed by atoms with Gasteiger partial charge in [-0.05, 0) is 37.1 Å². The summed E-state index contributed by atoms with van der Waals surface area (Å²) in [5.41, 5.74) is 6.29. The summed E-state index contributed by atoms with van der Waals surface area (Å²) >= 11 is 0. The van der Waals surface area contributed by atoms with Gasteiger partial charge in [0.05, 0.1) is 0 Å². The van der Waals surface area contributed by atoms with Crippen molar-refractivity contribution in [2.24, 2.45) is 11.7 Å². The molecule has 0 spiro atoms. The summed E-state index contributed by atoms with van der Waals surface area (Å²) in [4.78, 5) is 48.4. The smallest absolute Gasteiger partial charge is 0.251 e. The standard InChI is InChI=1S/C20H31N5O4.C2H6/c1-5-16(26)24-15-8-6-14(7-9-15)19(28)25-17(12(2)3)20(29)23-13(4)18(27)22-11-10-21;1-2/h6-9,12-13,17H,5,10-11,21H2,1-4H3,(H,22,27)(H,23,29)(H,24,26)(H,25,28);1-2H3/t13-,17?;/m0./s1. The normalized spacial score (nSPS) is 12.0. The van der Waals surface area contributed by atoms with Gasteiger partial charge in [0, 0.05) is 30.8 Å². The molecule has 0 radical (unpaired) electrons. The Bertz CT molecular complexity index is 719. The minimum atomic E-state index is -0.813. The number of hydrogen-bond donors (Lipinski definition) is 5. The van der Waals surface area contributed by atoms with Crippen LogP contribution in [0.2, 0.25) is 0 Å². The lowest BCUT2D eigenvalue weighted by molar-refractivity contribution is -0.130. The second-order valence-corrected chi connectivity index (χ2v) is 6.98. The average Bonchev–Trinajstić information content (AvgIpc) is 2.76. The van der Waals surface area contributed by atoms with Crippen LogP contribution in [0, 0.1) is 5.92 Å². The largest absolute Gasteiger partial charge is 0.353 e. The molecule has 31 heavy (non-hydrogen) atoms. The minimum Gasteiger partial charge on any atom is -0.353 e. The molecular formula is C22H37N5O4. The predicted octanol–water partition coefficient (Wildman–Crippen LogP) is 1.40. The molecule has 1 aromatic carbocycles. The first-order valence-electron chi connectivity index (χ1n) is 10.7. The Morgan fingerprint density at radius 1 is 0.935 bits per heavy atom. The maximum Gasteiger partial charge on any atom is 0.251 e. The lowest BCUT2D eigenvalue weighted by Gasteiger charge is -2.24. The molecule has 0 aromatic heterocycles. The number of nitrogens with two attached hydrogens (primary N) is 1. The van der Waals surface area contributed by atoms with Gasteiger partial charge in [-0.1, -0.05) is 34.6 Å². The fourth-order valence-electron chi connectivity index (χ4n) is 2.43. The molecule has 1 aromatic rings. The molecule has 0 aliphatic heterocycles. The van der Waals surface area contributed by atoms with Gasteiger partial charge in [-0.15, -0.1) is 0 Å². The van der Waals surface area contributed by atoms with Crippen LogP contribution in [-0.2, 0) is 14.4 Å². The number of carbonyl (C=O) groups excluding carboxylic acids is 4. The van der Waals surface area contributed by atoms with Crippen LogP contribution in [0.4, 0.5) is 5.69 Å².